The molecule has 0 atom stereocenters. The number of amides is 1. The molecule has 2 aromatic heterocycles. The summed E-state index contributed by atoms with van der Waals surface area (Å²) in [7, 11) is 1.58. The molecular formula is C16H14N2O3S. The Hall–Kier alpha value is -2.34. The number of hydrogen-bond donors (Lipinski definition) is 1. The molecule has 1 aliphatic carbocycles. The highest BCUT2D eigenvalue weighted by Gasteiger charge is 2.20. The summed E-state index contributed by atoms with van der Waals surface area (Å²) < 4.78 is 10.9. The highest BCUT2D eigenvalue weighted by Crippen LogP contribution is 2.32. The number of aromatic nitrogens is 1. The quantitative estimate of drug-likeness (QED) is 0.801. The highest BCUT2D eigenvalue weighted by molar-refractivity contribution is 7.15. The average Bonchev–Trinajstić information content (AvgIpc) is 3.19. The van der Waals surface area contributed by atoms with Gasteiger partial charge < -0.3 is 9.15 Å². The molecule has 3 aromatic rings. The van der Waals surface area contributed by atoms with Crippen molar-refractivity contribution in [3.63, 3.8) is 0 Å². The van der Waals surface area contributed by atoms with E-state index in [1.165, 1.54) is 4.88 Å². The maximum atomic E-state index is 12.3. The number of rotatable bonds is 3. The van der Waals surface area contributed by atoms with Crippen LogP contribution in [0.2, 0.25) is 0 Å². The number of methoxy groups -OCH3 is 1. The maximum absolute atomic E-state index is 12.3. The summed E-state index contributed by atoms with van der Waals surface area (Å²) in [5.41, 5.74) is 1.70. The third-order valence-corrected chi connectivity index (χ3v) is 4.84. The molecule has 0 saturated carbocycles. The van der Waals surface area contributed by atoms with Crippen LogP contribution in [-0.2, 0) is 12.8 Å². The fourth-order valence-electron chi connectivity index (χ4n) is 2.71. The summed E-state index contributed by atoms with van der Waals surface area (Å²) >= 11 is 1.55. The molecule has 0 radical (unpaired) electrons. The summed E-state index contributed by atoms with van der Waals surface area (Å²) in [5, 5.41) is 4.30. The lowest BCUT2D eigenvalue weighted by Crippen LogP contribution is -2.10. The number of carbonyl (C=O) groups is 1. The van der Waals surface area contributed by atoms with Crippen molar-refractivity contribution < 1.29 is 13.9 Å². The highest BCUT2D eigenvalue weighted by atomic mass is 32.1. The molecule has 0 spiro atoms. The maximum Gasteiger partial charge on any atom is 0.293 e. The second-order valence-electron chi connectivity index (χ2n) is 5.19. The lowest BCUT2D eigenvalue weighted by Gasteiger charge is -1.99. The van der Waals surface area contributed by atoms with Crippen LogP contribution in [0.4, 0.5) is 5.13 Å². The van der Waals surface area contributed by atoms with Crippen LogP contribution < -0.4 is 10.1 Å². The zero-order valence-corrected chi connectivity index (χ0v) is 12.8. The van der Waals surface area contributed by atoms with Crippen molar-refractivity contribution in [3.05, 3.63) is 40.6 Å². The van der Waals surface area contributed by atoms with Gasteiger partial charge in [0.25, 0.3) is 5.91 Å². The van der Waals surface area contributed by atoms with Crippen LogP contribution in [0, 0.1) is 0 Å². The van der Waals surface area contributed by atoms with E-state index >= 15 is 0 Å². The number of ether oxygens (including phenoxy) is 1. The van der Waals surface area contributed by atoms with Crippen molar-refractivity contribution in [3.8, 4) is 5.75 Å². The van der Waals surface area contributed by atoms with Crippen molar-refractivity contribution in [2.45, 2.75) is 19.3 Å². The Balaban J connectivity index is 1.62. The summed E-state index contributed by atoms with van der Waals surface area (Å²) in [6.07, 6.45) is 3.22. The van der Waals surface area contributed by atoms with Gasteiger partial charge in [-0.3, -0.25) is 10.1 Å². The molecular weight excluding hydrogens is 300 g/mol. The van der Waals surface area contributed by atoms with E-state index in [1.54, 1.807) is 30.6 Å². The first-order valence-electron chi connectivity index (χ1n) is 7.11. The van der Waals surface area contributed by atoms with Gasteiger partial charge in [0.1, 0.15) is 0 Å². The van der Waals surface area contributed by atoms with Gasteiger partial charge in [-0.25, -0.2) is 4.98 Å². The Morgan fingerprint density at radius 2 is 2.32 bits per heavy atom. The van der Waals surface area contributed by atoms with Gasteiger partial charge >= 0.3 is 0 Å². The number of para-hydroxylation sites is 1. The van der Waals surface area contributed by atoms with E-state index in [-0.39, 0.29) is 11.7 Å². The molecule has 1 N–H and O–H groups in total. The predicted octanol–water partition coefficient (Wildman–Crippen LogP) is 3.64. The minimum Gasteiger partial charge on any atom is -0.493 e. The summed E-state index contributed by atoms with van der Waals surface area (Å²) in [5.74, 6) is 0.588. The zero-order valence-electron chi connectivity index (χ0n) is 12.0. The second-order valence-corrected chi connectivity index (χ2v) is 6.27. The molecule has 22 heavy (non-hydrogen) atoms. The van der Waals surface area contributed by atoms with Crippen molar-refractivity contribution in [2.75, 3.05) is 12.4 Å². The molecule has 5 nitrogen and oxygen atoms in total. The number of aryl methyl sites for hydroxylation is 2. The molecule has 6 heteroatoms. The standard InChI is InChI=1S/C16H14N2O3S/c1-20-11-6-2-4-9-8-12(21-14(9)11)15(19)18-16-17-10-5-3-7-13(10)22-16/h2,4,6,8H,3,5,7H2,1H3,(H,17,18,19). The third-order valence-electron chi connectivity index (χ3n) is 3.77. The smallest absolute Gasteiger partial charge is 0.293 e. The molecule has 0 fully saturated rings. The monoisotopic (exact) mass is 314 g/mol. The topological polar surface area (TPSA) is 64.4 Å². The van der Waals surface area contributed by atoms with E-state index in [1.807, 2.05) is 12.1 Å². The molecule has 1 aromatic carbocycles. The van der Waals surface area contributed by atoms with Gasteiger partial charge in [-0.05, 0) is 31.4 Å². The first-order chi connectivity index (χ1) is 10.7. The minimum atomic E-state index is -0.286. The van der Waals surface area contributed by atoms with Crippen LogP contribution >= 0.6 is 11.3 Å². The summed E-state index contributed by atoms with van der Waals surface area (Å²) in [6, 6.07) is 7.27. The lowest BCUT2D eigenvalue weighted by molar-refractivity contribution is 0.0998. The fourth-order valence-corrected chi connectivity index (χ4v) is 3.76. The van der Waals surface area contributed by atoms with Gasteiger partial charge in [0.2, 0.25) is 0 Å². The number of fused-ring (bicyclic) bond motifs is 2. The second kappa shape index (κ2) is 5.14. The molecule has 2 heterocycles. The van der Waals surface area contributed by atoms with Gasteiger partial charge in [0.05, 0.1) is 12.8 Å². The van der Waals surface area contributed by atoms with Gasteiger partial charge in [0, 0.05) is 10.3 Å². The Bertz CT molecular complexity index is 844. The van der Waals surface area contributed by atoms with E-state index in [0.717, 1.165) is 30.3 Å². The van der Waals surface area contributed by atoms with Crippen LogP contribution in [0.3, 0.4) is 0 Å². The van der Waals surface area contributed by atoms with E-state index in [0.29, 0.717) is 16.5 Å². The van der Waals surface area contributed by atoms with Crippen molar-refractivity contribution in [2.24, 2.45) is 0 Å². The Kier molecular flexibility index (Phi) is 3.11. The summed E-state index contributed by atoms with van der Waals surface area (Å²) in [4.78, 5) is 18.1. The normalized spacial score (nSPS) is 13.3. The van der Waals surface area contributed by atoms with E-state index in [2.05, 4.69) is 10.3 Å². The number of nitrogens with zero attached hydrogens (tertiary/aromatic N) is 1. The average molecular weight is 314 g/mol. The van der Waals surface area contributed by atoms with Crippen LogP contribution in [0.25, 0.3) is 11.0 Å². The Labute approximate surface area is 130 Å². The Morgan fingerprint density at radius 1 is 1.41 bits per heavy atom. The number of nitrogens with one attached hydrogen (secondary N) is 1. The minimum absolute atomic E-state index is 0.259. The predicted molar refractivity (Wildman–Crippen MR) is 84.9 cm³/mol. The fraction of sp³-hybridized carbons (Fsp3) is 0.250. The van der Waals surface area contributed by atoms with Crippen molar-refractivity contribution >= 4 is 33.3 Å². The molecule has 4 rings (SSSR count). The van der Waals surface area contributed by atoms with E-state index in [9.17, 15) is 4.79 Å². The Morgan fingerprint density at radius 3 is 3.14 bits per heavy atom. The van der Waals surface area contributed by atoms with Crippen LogP contribution in [-0.4, -0.2) is 18.0 Å². The van der Waals surface area contributed by atoms with Gasteiger partial charge in [-0.15, -0.1) is 11.3 Å². The lowest BCUT2D eigenvalue weighted by atomic mass is 10.2. The number of furan rings is 1. The van der Waals surface area contributed by atoms with Crippen LogP contribution in [0.15, 0.2) is 28.7 Å². The molecule has 0 bridgehead atoms. The van der Waals surface area contributed by atoms with Crippen LogP contribution in [0.1, 0.15) is 27.5 Å². The van der Waals surface area contributed by atoms with Crippen molar-refractivity contribution in [1.82, 2.24) is 4.98 Å². The molecule has 112 valence electrons. The van der Waals surface area contributed by atoms with Crippen molar-refractivity contribution in [1.29, 1.82) is 0 Å². The number of thiazole rings is 1. The van der Waals surface area contributed by atoms with E-state index in [4.69, 9.17) is 9.15 Å². The SMILES string of the molecule is COc1cccc2cc(C(=O)Nc3nc4c(s3)CCC4)oc12. The van der Waals surface area contributed by atoms with E-state index < -0.39 is 0 Å². The van der Waals surface area contributed by atoms with Gasteiger partial charge in [-0.2, -0.15) is 0 Å². The first-order valence-corrected chi connectivity index (χ1v) is 7.93. The number of carbonyl (C=O) groups excluding carboxylic acids is 1. The molecule has 0 aliphatic heterocycles. The number of hydrogen-bond acceptors (Lipinski definition) is 5. The van der Waals surface area contributed by atoms with Gasteiger partial charge in [0.15, 0.2) is 22.2 Å². The van der Waals surface area contributed by atoms with Crippen LogP contribution in [0.5, 0.6) is 5.75 Å². The summed E-state index contributed by atoms with van der Waals surface area (Å²) in [6.45, 7) is 0. The number of benzene rings is 1. The largest absolute Gasteiger partial charge is 0.493 e. The molecule has 1 amide bonds. The molecule has 0 unspecified atom stereocenters. The van der Waals surface area contributed by atoms with Gasteiger partial charge in [-0.1, -0.05) is 12.1 Å². The third kappa shape index (κ3) is 2.16. The molecule has 1 aliphatic rings. The number of anilines is 1. The zero-order chi connectivity index (χ0) is 15.1. The first kappa shape index (κ1) is 13.3. The molecule has 0 saturated heterocycles.